The molecule has 0 atom stereocenters. The number of likely N-dealkylation sites (tertiary alicyclic amines) is 1. The number of piperidine rings is 1. The Morgan fingerprint density at radius 1 is 1.35 bits per heavy atom. The summed E-state index contributed by atoms with van der Waals surface area (Å²) in [7, 11) is 0. The lowest BCUT2D eigenvalue weighted by atomic mass is 10.0. The summed E-state index contributed by atoms with van der Waals surface area (Å²) in [4.78, 5) is 18.7. The SMILES string of the molecule is CC(=O)c1cnc2c(c(C)nn2C2CCN(C(C)C)CC2)c1Cl. The first-order chi connectivity index (χ1) is 10.9. The van der Waals surface area contributed by atoms with E-state index in [1.807, 2.05) is 11.6 Å². The molecule has 23 heavy (non-hydrogen) atoms. The van der Waals surface area contributed by atoms with Gasteiger partial charge in [0, 0.05) is 25.3 Å². The molecule has 3 rings (SSSR count). The predicted octanol–water partition coefficient (Wildman–Crippen LogP) is 3.64. The van der Waals surface area contributed by atoms with Crippen LogP contribution in [0.3, 0.4) is 0 Å². The molecule has 0 spiro atoms. The summed E-state index contributed by atoms with van der Waals surface area (Å²) in [5.74, 6) is -0.0678. The summed E-state index contributed by atoms with van der Waals surface area (Å²) < 4.78 is 2.01. The number of nitrogens with zero attached hydrogens (tertiary/aromatic N) is 4. The molecule has 3 heterocycles. The highest BCUT2D eigenvalue weighted by atomic mass is 35.5. The number of halogens is 1. The van der Waals surface area contributed by atoms with Crippen LogP contribution in [-0.2, 0) is 0 Å². The molecule has 0 aliphatic carbocycles. The maximum absolute atomic E-state index is 11.7. The molecule has 0 radical (unpaired) electrons. The van der Waals surface area contributed by atoms with E-state index >= 15 is 0 Å². The van der Waals surface area contributed by atoms with E-state index in [-0.39, 0.29) is 5.78 Å². The maximum atomic E-state index is 11.7. The third-order valence-electron chi connectivity index (χ3n) is 4.79. The normalized spacial score (nSPS) is 17.3. The van der Waals surface area contributed by atoms with Crippen LogP contribution >= 0.6 is 11.6 Å². The standard InChI is InChI=1S/C17H23ClN4O/c1-10(2)21-7-5-13(6-8-21)22-17-15(11(3)20-22)16(18)14(9-19-17)12(4)23/h9-10,13H,5-8H2,1-4H3. The minimum absolute atomic E-state index is 0.0678. The van der Waals surface area contributed by atoms with Gasteiger partial charge >= 0.3 is 0 Å². The fraction of sp³-hybridized carbons (Fsp3) is 0.588. The number of aromatic nitrogens is 3. The van der Waals surface area contributed by atoms with Crippen LogP contribution in [0.1, 0.15) is 55.7 Å². The van der Waals surface area contributed by atoms with E-state index in [1.165, 1.54) is 6.92 Å². The number of rotatable bonds is 3. The highest BCUT2D eigenvalue weighted by Gasteiger charge is 2.26. The van der Waals surface area contributed by atoms with Gasteiger partial charge in [-0.2, -0.15) is 5.10 Å². The van der Waals surface area contributed by atoms with Gasteiger partial charge in [-0.3, -0.25) is 4.79 Å². The predicted molar refractivity (Wildman–Crippen MR) is 92.3 cm³/mol. The molecule has 1 fully saturated rings. The summed E-state index contributed by atoms with van der Waals surface area (Å²) in [5.41, 5.74) is 2.10. The van der Waals surface area contributed by atoms with Crippen molar-refractivity contribution in [2.24, 2.45) is 0 Å². The number of hydrogen-bond donors (Lipinski definition) is 0. The summed E-state index contributed by atoms with van der Waals surface area (Å²) >= 11 is 6.44. The van der Waals surface area contributed by atoms with Crippen LogP contribution in [0.15, 0.2) is 6.20 Å². The van der Waals surface area contributed by atoms with Crippen LogP contribution < -0.4 is 0 Å². The third-order valence-corrected chi connectivity index (χ3v) is 5.18. The number of pyridine rings is 1. The third kappa shape index (κ3) is 2.88. The van der Waals surface area contributed by atoms with Crippen LogP contribution in [0.2, 0.25) is 5.02 Å². The summed E-state index contributed by atoms with van der Waals surface area (Å²) in [6.07, 6.45) is 3.69. The van der Waals surface area contributed by atoms with E-state index in [4.69, 9.17) is 11.6 Å². The molecular formula is C17H23ClN4O. The lowest BCUT2D eigenvalue weighted by molar-refractivity contribution is 0.101. The number of Topliss-reactive ketones (excluding diaryl/α,β-unsaturated/α-hetero) is 1. The average molecular weight is 335 g/mol. The van der Waals surface area contributed by atoms with E-state index in [9.17, 15) is 4.79 Å². The highest BCUT2D eigenvalue weighted by Crippen LogP contribution is 2.32. The van der Waals surface area contributed by atoms with Crippen molar-refractivity contribution in [2.75, 3.05) is 13.1 Å². The summed E-state index contributed by atoms with van der Waals surface area (Å²) in [6, 6.07) is 0.922. The van der Waals surface area contributed by atoms with Crippen molar-refractivity contribution in [3.8, 4) is 0 Å². The summed E-state index contributed by atoms with van der Waals surface area (Å²) in [5, 5.41) is 5.97. The fourth-order valence-corrected chi connectivity index (χ4v) is 3.78. The van der Waals surface area contributed by atoms with E-state index in [1.54, 1.807) is 6.20 Å². The van der Waals surface area contributed by atoms with Gasteiger partial charge in [0.15, 0.2) is 11.4 Å². The van der Waals surface area contributed by atoms with Gasteiger partial charge in [-0.25, -0.2) is 9.67 Å². The van der Waals surface area contributed by atoms with Gasteiger partial charge in [-0.05, 0) is 40.5 Å². The van der Waals surface area contributed by atoms with Crippen molar-refractivity contribution in [1.82, 2.24) is 19.7 Å². The first-order valence-electron chi connectivity index (χ1n) is 8.18. The zero-order valence-corrected chi connectivity index (χ0v) is 14.9. The Balaban J connectivity index is 1.97. The number of carbonyl (C=O) groups is 1. The van der Waals surface area contributed by atoms with Crippen LogP contribution in [0.25, 0.3) is 11.0 Å². The molecule has 1 saturated heterocycles. The van der Waals surface area contributed by atoms with Gasteiger partial charge in [0.1, 0.15) is 0 Å². The number of hydrogen-bond acceptors (Lipinski definition) is 4. The highest BCUT2D eigenvalue weighted by molar-refractivity contribution is 6.38. The fourth-order valence-electron chi connectivity index (χ4n) is 3.38. The van der Waals surface area contributed by atoms with Crippen LogP contribution in [0.4, 0.5) is 0 Å². The van der Waals surface area contributed by atoms with Gasteiger partial charge in [0.25, 0.3) is 0 Å². The van der Waals surface area contributed by atoms with Gasteiger partial charge in [-0.15, -0.1) is 0 Å². The van der Waals surface area contributed by atoms with Gasteiger partial charge in [-0.1, -0.05) is 11.6 Å². The number of aryl methyl sites for hydroxylation is 1. The number of fused-ring (bicyclic) bond motifs is 1. The van der Waals surface area contributed by atoms with Crippen LogP contribution in [-0.4, -0.2) is 44.6 Å². The first kappa shape index (κ1) is 16.4. The lowest BCUT2D eigenvalue weighted by Gasteiger charge is -2.34. The van der Waals surface area contributed by atoms with Crippen molar-refractivity contribution in [3.05, 3.63) is 22.5 Å². The molecule has 124 valence electrons. The van der Waals surface area contributed by atoms with Crippen molar-refractivity contribution in [2.45, 2.75) is 52.6 Å². The number of carbonyl (C=O) groups excluding carboxylic acids is 1. The van der Waals surface area contributed by atoms with Crippen molar-refractivity contribution >= 4 is 28.4 Å². The molecule has 0 unspecified atom stereocenters. The van der Waals surface area contributed by atoms with Crippen molar-refractivity contribution in [3.63, 3.8) is 0 Å². The molecule has 6 heteroatoms. The van der Waals surface area contributed by atoms with E-state index in [0.29, 0.717) is 22.7 Å². The molecule has 0 bridgehead atoms. The maximum Gasteiger partial charge on any atom is 0.162 e. The van der Waals surface area contributed by atoms with Crippen LogP contribution in [0, 0.1) is 6.92 Å². The van der Waals surface area contributed by atoms with E-state index < -0.39 is 0 Å². The summed E-state index contributed by atoms with van der Waals surface area (Å²) in [6.45, 7) is 10.1. The Hall–Kier alpha value is -1.46. The van der Waals surface area contributed by atoms with Gasteiger partial charge in [0.05, 0.1) is 27.7 Å². The van der Waals surface area contributed by atoms with Crippen molar-refractivity contribution < 1.29 is 4.79 Å². The number of ketones is 1. The zero-order valence-electron chi connectivity index (χ0n) is 14.1. The van der Waals surface area contributed by atoms with Gasteiger partial charge < -0.3 is 4.90 Å². The molecule has 2 aromatic heterocycles. The molecule has 5 nitrogen and oxygen atoms in total. The topological polar surface area (TPSA) is 51.0 Å². The largest absolute Gasteiger partial charge is 0.301 e. The Labute approximate surface area is 141 Å². The minimum Gasteiger partial charge on any atom is -0.301 e. The Kier molecular flexibility index (Phi) is 4.43. The lowest BCUT2D eigenvalue weighted by Crippen LogP contribution is -2.39. The van der Waals surface area contributed by atoms with E-state index in [0.717, 1.165) is 42.7 Å². The van der Waals surface area contributed by atoms with Gasteiger partial charge in [0.2, 0.25) is 0 Å². The molecule has 0 saturated carbocycles. The molecule has 1 aliphatic heterocycles. The zero-order chi connectivity index (χ0) is 16.7. The Morgan fingerprint density at radius 2 is 2.00 bits per heavy atom. The molecule has 0 aromatic carbocycles. The molecule has 2 aromatic rings. The Morgan fingerprint density at radius 3 is 2.57 bits per heavy atom. The minimum atomic E-state index is -0.0678. The van der Waals surface area contributed by atoms with E-state index in [2.05, 4.69) is 28.8 Å². The second-order valence-corrected chi connectivity index (χ2v) is 7.01. The monoisotopic (exact) mass is 334 g/mol. The molecular weight excluding hydrogens is 312 g/mol. The second kappa shape index (κ2) is 6.21. The average Bonchev–Trinajstić information content (AvgIpc) is 2.85. The smallest absolute Gasteiger partial charge is 0.162 e. The van der Waals surface area contributed by atoms with Crippen LogP contribution in [0.5, 0.6) is 0 Å². The second-order valence-electron chi connectivity index (χ2n) is 6.63. The van der Waals surface area contributed by atoms with Crippen molar-refractivity contribution in [1.29, 1.82) is 0 Å². The molecule has 0 N–H and O–H groups in total. The Bertz CT molecular complexity index is 745. The molecule has 1 aliphatic rings. The first-order valence-corrected chi connectivity index (χ1v) is 8.56. The molecule has 0 amide bonds. The quantitative estimate of drug-likeness (QED) is 0.804.